The fourth-order valence-electron chi connectivity index (χ4n) is 7.76. The van der Waals surface area contributed by atoms with Crippen molar-refractivity contribution in [3.63, 3.8) is 0 Å². The van der Waals surface area contributed by atoms with Crippen molar-refractivity contribution in [1.29, 1.82) is 0 Å². The number of fused-ring (bicyclic) bond motifs is 1. The van der Waals surface area contributed by atoms with Crippen LogP contribution in [0.15, 0.2) is 110 Å². The van der Waals surface area contributed by atoms with Gasteiger partial charge in [0.2, 0.25) is 11.8 Å². The predicted molar refractivity (Wildman–Crippen MR) is 186 cm³/mol. The van der Waals surface area contributed by atoms with E-state index in [-0.39, 0.29) is 35.6 Å². The Kier molecular flexibility index (Phi) is 9.87. The standard InChI is InChI=1S/C38H40BrN3O6/c1-4-20-40(23-25-12-8-6-9-13-25)35(44)31-32-36(45)42(30(24-43)26-14-10-7-11-15-26)34(38(32)22-29(39)33(31)48-38)37(46)41(21-5-2)27-16-18-28(47-3)19-17-27/h4-19,29-34,43H,1-2,20-24H2,3H3/t29?,30-,31-,32+,33-,34?,38?/m1/s1. The summed E-state index contributed by atoms with van der Waals surface area (Å²) in [5, 5.41) is 10.9. The first-order valence-corrected chi connectivity index (χ1v) is 17.0. The molecule has 0 saturated carbocycles. The molecule has 250 valence electrons. The number of carbonyl (C=O) groups excluding carboxylic acids is 3. The van der Waals surface area contributed by atoms with Crippen LogP contribution in [0.3, 0.4) is 0 Å². The maximum atomic E-state index is 15.1. The van der Waals surface area contributed by atoms with E-state index in [1.165, 1.54) is 4.90 Å². The maximum absolute atomic E-state index is 15.1. The molecule has 0 radical (unpaired) electrons. The highest BCUT2D eigenvalue weighted by atomic mass is 79.9. The fraction of sp³-hybridized carbons (Fsp3) is 0.342. The molecule has 3 amide bonds. The third-order valence-electron chi connectivity index (χ3n) is 9.78. The molecule has 9 nitrogen and oxygen atoms in total. The minimum atomic E-state index is -1.33. The summed E-state index contributed by atoms with van der Waals surface area (Å²) >= 11 is 3.78. The topological polar surface area (TPSA) is 99.6 Å². The highest BCUT2D eigenvalue weighted by molar-refractivity contribution is 9.09. The maximum Gasteiger partial charge on any atom is 0.253 e. The van der Waals surface area contributed by atoms with Crippen LogP contribution in [0.4, 0.5) is 5.69 Å². The molecule has 1 N–H and O–H groups in total. The Morgan fingerprint density at radius 3 is 2.27 bits per heavy atom. The smallest absolute Gasteiger partial charge is 0.253 e. The first kappa shape index (κ1) is 33.6. The summed E-state index contributed by atoms with van der Waals surface area (Å²) in [6.45, 7) is 8.12. The molecule has 3 aliphatic rings. The predicted octanol–water partition coefficient (Wildman–Crippen LogP) is 4.91. The monoisotopic (exact) mass is 713 g/mol. The second-order valence-electron chi connectivity index (χ2n) is 12.4. The van der Waals surface area contributed by atoms with Crippen LogP contribution in [0.5, 0.6) is 5.75 Å². The van der Waals surface area contributed by atoms with Crippen molar-refractivity contribution in [1.82, 2.24) is 9.80 Å². The summed E-state index contributed by atoms with van der Waals surface area (Å²) in [6.07, 6.45) is 3.00. The van der Waals surface area contributed by atoms with Gasteiger partial charge in [0.05, 0.1) is 37.7 Å². The number of hydrogen-bond acceptors (Lipinski definition) is 6. The van der Waals surface area contributed by atoms with Crippen LogP contribution in [0.2, 0.25) is 0 Å². The van der Waals surface area contributed by atoms with Gasteiger partial charge in [-0.05, 0) is 41.8 Å². The van der Waals surface area contributed by atoms with E-state index in [1.54, 1.807) is 53.3 Å². The number of aliphatic hydroxyl groups excluding tert-OH is 1. The zero-order chi connectivity index (χ0) is 34.0. The molecule has 0 aliphatic carbocycles. The number of likely N-dealkylation sites (tertiary alicyclic amines) is 1. The molecule has 1 spiro atoms. The number of amides is 3. The summed E-state index contributed by atoms with van der Waals surface area (Å²) in [5.41, 5.74) is 0.878. The number of aliphatic hydroxyl groups is 1. The van der Waals surface area contributed by atoms with Crippen molar-refractivity contribution < 1.29 is 29.0 Å². The fourth-order valence-corrected chi connectivity index (χ4v) is 8.70. The highest BCUT2D eigenvalue weighted by Crippen LogP contribution is 2.61. The van der Waals surface area contributed by atoms with Gasteiger partial charge in [-0.1, -0.05) is 88.7 Å². The average molecular weight is 715 g/mol. The lowest BCUT2D eigenvalue weighted by Crippen LogP contribution is -2.57. The second kappa shape index (κ2) is 14.1. The van der Waals surface area contributed by atoms with Gasteiger partial charge in [0.1, 0.15) is 17.4 Å². The van der Waals surface area contributed by atoms with E-state index in [4.69, 9.17) is 9.47 Å². The number of anilines is 1. The van der Waals surface area contributed by atoms with E-state index in [2.05, 4.69) is 29.1 Å². The van der Waals surface area contributed by atoms with Crippen LogP contribution in [0.1, 0.15) is 23.6 Å². The summed E-state index contributed by atoms with van der Waals surface area (Å²) < 4.78 is 12.2. The van der Waals surface area contributed by atoms with Gasteiger partial charge in [-0.3, -0.25) is 14.4 Å². The van der Waals surface area contributed by atoms with E-state index in [0.29, 0.717) is 30.0 Å². The Balaban J connectivity index is 1.46. The molecule has 48 heavy (non-hydrogen) atoms. The molecule has 3 saturated heterocycles. The van der Waals surface area contributed by atoms with Crippen molar-refractivity contribution in [2.24, 2.45) is 11.8 Å². The van der Waals surface area contributed by atoms with Crippen LogP contribution in [0, 0.1) is 11.8 Å². The molecule has 3 fully saturated rings. The second-order valence-corrected chi connectivity index (χ2v) is 13.6. The quantitative estimate of drug-likeness (QED) is 0.200. The van der Waals surface area contributed by atoms with Gasteiger partial charge in [-0.25, -0.2) is 0 Å². The Bertz CT molecular complexity index is 1650. The van der Waals surface area contributed by atoms with Gasteiger partial charge in [-0.2, -0.15) is 0 Å². The van der Waals surface area contributed by atoms with Crippen molar-refractivity contribution in [3.05, 3.63) is 121 Å². The Labute approximate surface area is 289 Å². The lowest BCUT2D eigenvalue weighted by atomic mass is 9.70. The molecule has 7 atom stereocenters. The van der Waals surface area contributed by atoms with Crippen LogP contribution in [0.25, 0.3) is 0 Å². The number of carbonyl (C=O) groups is 3. The molecule has 6 rings (SSSR count). The summed E-state index contributed by atoms with van der Waals surface area (Å²) in [5.74, 6) is -2.18. The van der Waals surface area contributed by atoms with E-state index >= 15 is 4.79 Å². The highest BCUT2D eigenvalue weighted by Gasteiger charge is 2.77. The molecular formula is C38H40BrN3O6. The largest absolute Gasteiger partial charge is 0.497 e. The number of methoxy groups -OCH3 is 1. The molecule has 3 unspecified atom stereocenters. The SMILES string of the molecule is C=CCN(Cc1ccccc1)C(=O)[C@H]1[C@@H]2OC3(CC2Br)C(C(=O)N(CC=C)c2ccc(OC)cc2)N([C@H](CO)c2ccccc2)C(=O)[C@H]13. The number of alkyl halides is 1. The zero-order valence-electron chi connectivity index (χ0n) is 26.9. The Morgan fingerprint density at radius 1 is 1.02 bits per heavy atom. The van der Waals surface area contributed by atoms with Gasteiger partial charge in [0.25, 0.3) is 5.91 Å². The van der Waals surface area contributed by atoms with Crippen molar-refractivity contribution in [2.45, 2.75) is 41.6 Å². The van der Waals surface area contributed by atoms with Crippen molar-refractivity contribution in [2.75, 3.05) is 31.7 Å². The molecular weight excluding hydrogens is 674 g/mol. The van der Waals surface area contributed by atoms with E-state index in [1.807, 2.05) is 60.7 Å². The summed E-state index contributed by atoms with van der Waals surface area (Å²) in [7, 11) is 1.57. The first-order valence-electron chi connectivity index (χ1n) is 16.1. The number of benzene rings is 3. The molecule has 10 heteroatoms. The minimum absolute atomic E-state index is 0.160. The number of nitrogens with zero attached hydrogens (tertiary/aromatic N) is 3. The van der Waals surface area contributed by atoms with Crippen molar-refractivity contribution in [3.8, 4) is 5.75 Å². The third-order valence-corrected chi connectivity index (χ3v) is 10.6. The van der Waals surface area contributed by atoms with Crippen LogP contribution < -0.4 is 9.64 Å². The first-order chi connectivity index (χ1) is 23.3. The van der Waals surface area contributed by atoms with Crippen LogP contribution in [-0.4, -0.2) is 82.0 Å². The Hall–Kier alpha value is -4.25. The number of ether oxygens (including phenoxy) is 2. The number of halogens is 1. The van der Waals surface area contributed by atoms with E-state index in [9.17, 15) is 14.7 Å². The number of hydrogen-bond donors (Lipinski definition) is 1. The van der Waals surface area contributed by atoms with Crippen molar-refractivity contribution >= 4 is 39.3 Å². The summed E-state index contributed by atoms with van der Waals surface area (Å²) in [4.78, 5) is 49.1. The number of rotatable bonds is 13. The van der Waals surface area contributed by atoms with Gasteiger partial charge >= 0.3 is 0 Å². The molecule has 3 aliphatic heterocycles. The molecule has 3 aromatic carbocycles. The van der Waals surface area contributed by atoms with E-state index in [0.717, 1.165) is 5.56 Å². The van der Waals surface area contributed by atoms with Gasteiger partial charge < -0.3 is 29.3 Å². The molecule has 2 bridgehead atoms. The van der Waals surface area contributed by atoms with Gasteiger partial charge in [0, 0.05) is 30.1 Å². The van der Waals surface area contributed by atoms with Gasteiger partial charge in [-0.15, -0.1) is 13.2 Å². The molecule has 3 aromatic rings. The zero-order valence-corrected chi connectivity index (χ0v) is 28.4. The van der Waals surface area contributed by atoms with Gasteiger partial charge in [0.15, 0.2) is 0 Å². The average Bonchev–Trinajstić information content (AvgIpc) is 3.71. The lowest BCUT2D eigenvalue weighted by molar-refractivity contribution is -0.147. The van der Waals surface area contributed by atoms with E-state index < -0.39 is 42.2 Å². The normalized spacial score (nSPS) is 26.1. The molecule has 3 heterocycles. The molecule has 0 aromatic heterocycles. The lowest BCUT2D eigenvalue weighted by Gasteiger charge is -2.39. The minimum Gasteiger partial charge on any atom is -0.497 e. The van der Waals surface area contributed by atoms with Crippen LogP contribution in [-0.2, 0) is 25.7 Å². The van der Waals surface area contributed by atoms with Crippen LogP contribution >= 0.6 is 15.9 Å². The Morgan fingerprint density at radius 2 is 1.67 bits per heavy atom. The third kappa shape index (κ3) is 5.76. The summed E-state index contributed by atoms with van der Waals surface area (Å²) in [6, 6.07) is 23.9.